The van der Waals surface area contributed by atoms with E-state index in [1.165, 1.54) is 0 Å². The van der Waals surface area contributed by atoms with Gasteiger partial charge in [-0.15, -0.1) is 0 Å². The fourth-order valence-corrected chi connectivity index (χ4v) is 2.49. The van der Waals surface area contributed by atoms with Crippen molar-refractivity contribution >= 4 is 12.6 Å². The first-order valence-corrected chi connectivity index (χ1v) is 9.20. The number of rotatable bonds is 5. The summed E-state index contributed by atoms with van der Waals surface area (Å²) in [5.41, 5.74) is 1.27. The Balaban J connectivity index is 2.03. The van der Waals surface area contributed by atoms with Gasteiger partial charge in [0.05, 0.1) is 30.0 Å². The van der Waals surface area contributed by atoms with Gasteiger partial charge in [-0.2, -0.15) is 5.10 Å². The molecule has 142 valence electrons. The minimum atomic E-state index is -0.370. The van der Waals surface area contributed by atoms with Gasteiger partial charge in [-0.3, -0.25) is 4.68 Å². The van der Waals surface area contributed by atoms with E-state index in [1.54, 1.807) is 0 Å². The normalized spacial score (nSPS) is 20.3. The molecule has 0 bridgehead atoms. The summed E-state index contributed by atoms with van der Waals surface area (Å²) in [5, 5.41) is 4.51. The molecule has 25 heavy (non-hydrogen) atoms. The number of nitrogens with zero attached hydrogens (tertiary/aromatic N) is 2. The Bertz CT molecular complexity index is 599. The fourth-order valence-electron chi connectivity index (χ4n) is 2.49. The van der Waals surface area contributed by atoms with Crippen LogP contribution in [-0.2, 0) is 20.6 Å². The predicted octanol–water partition coefficient (Wildman–Crippen LogP) is 3.33. The lowest BCUT2D eigenvalue weighted by molar-refractivity contribution is -0.0931. The molecule has 1 saturated heterocycles. The van der Waals surface area contributed by atoms with E-state index in [2.05, 4.69) is 74.3 Å². The van der Waals surface area contributed by atoms with Crippen molar-refractivity contribution in [2.45, 2.75) is 92.6 Å². The van der Waals surface area contributed by atoms with Crippen LogP contribution in [0.2, 0.25) is 0 Å². The first kappa shape index (κ1) is 20.5. The molecule has 0 unspecified atom stereocenters. The maximum absolute atomic E-state index is 6.14. The third-order valence-corrected chi connectivity index (χ3v) is 6.22. The van der Waals surface area contributed by atoms with E-state index in [1.807, 2.05) is 10.9 Å². The first-order chi connectivity index (χ1) is 11.2. The Morgan fingerprint density at radius 1 is 1.08 bits per heavy atom. The summed E-state index contributed by atoms with van der Waals surface area (Å²) in [6.07, 6.45) is 1.85. The van der Waals surface area contributed by atoms with E-state index in [4.69, 9.17) is 14.0 Å². The Morgan fingerprint density at radius 2 is 1.60 bits per heavy atom. The van der Waals surface area contributed by atoms with Gasteiger partial charge in [-0.1, -0.05) is 20.8 Å². The molecule has 0 amide bonds. The van der Waals surface area contributed by atoms with Crippen LogP contribution in [0.3, 0.4) is 0 Å². The van der Waals surface area contributed by atoms with Gasteiger partial charge < -0.3 is 14.0 Å². The zero-order valence-electron chi connectivity index (χ0n) is 17.7. The highest BCUT2D eigenvalue weighted by Gasteiger charge is 2.52. The van der Waals surface area contributed by atoms with E-state index < -0.39 is 0 Å². The molecule has 1 fully saturated rings. The Morgan fingerprint density at radius 3 is 2.08 bits per heavy atom. The van der Waals surface area contributed by atoms with Crippen LogP contribution in [0, 0.1) is 12.3 Å². The fraction of sp³-hybridized carbons (Fsp3) is 0.842. The smallest absolute Gasteiger partial charge is 0.399 e. The molecule has 0 saturated carbocycles. The van der Waals surface area contributed by atoms with Crippen LogP contribution in [-0.4, -0.2) is 40.3 Å². The third kappa shape index (κ3) is 3.96. The molecule has 6 heteroatoms. The Kier molecular flexibility index (Phi) is 5.24. The van der Waals surface area contributed by atoms with Gasteiger partial charge in [0.1, 0.15) is 0 Å². The largest absolute Gasteiger partial charge is 0.498 e. The summed E-state index contributed by atoms with van der Waals surface area (Å²) >= 11 is 0. The van der Waals surface area contributed by atoms with Gasteiger partial charge in [0.25, 0.3) is 0 Å². The third-order valence-electron chi connectivity index (χ3n) is 6.22. The molecule has 0 N–H and O–H groups in total. The van der Waals surface area contributed by atoms with Crippen LogP contribution in [0.25, 0.3) is 0 Å². The van der Waals surface area contributed by atoms with E-state index in [9.17, 15) is 0 Å². The van der Waals surface area contributed by atoms with E-state index >= 15 is 0 Å². The van der Waals surface area contributed by atoms with Gasteiger partial charge in [0, 0.05) is 17.4 Å². The lowest BCUT2D eigenvalue weighted by atomic mass is 9.79. The molecule has 0 aromatic carbocycles. The van der Waals surface area contributed by atoms with Gasteiger partial charge in [-0.25, -0.2) is 0 Å². The van der Waals surface area contributed by atoms with Crippen molar-refractivity contribution in [3.8, 4) is 0 Å². The van der Waals surface area contributed by atoms with Crippen LogP contribution in [0.4, 0.5) is 0 Å². The molecule has 0 atom stereocenters. The molecule has 0 spiro atoms. The van der Waals surface area contributed by atoms with Crippen molar-refractivity contribution in [2.75, 3.05) is 6.61 Å². The average molecular weight is 350 g/mol. The average Bonchev–Trinajstić information content (AvgIpc) is 2.86. The Hall–Kier alpha value is -0.845. The summed E-state index contributed by atoms with van der Waals surface area (Å²) in [6, 6.07) is 0. The number of hydrogen-bond acceptors (Lipinski definition) is 4. The van der Waals surface area contributed by atoms with E-state index in [0.717, 1.165) is 11.2 Å². The van der Waals surface area contributed by atoms with Crippen molar-refractivity contribution in [3.05, 3.63) is 11.9 Å². The number of hydrogen-bond donors (Lipinski definition) is 0. The second-order valence-electron chi connectivity index (χ2n) is 9.61. The summed E-state index contributed by atoms with van der Waals surface area (Å²) < 4.78 is 20.4. The minimum Gasteiger partial charge on any atom is -0.399 e. The van der Waals surface area contributed by atoms with Crippen molar-refractivity contribution in [2.24, 2.45) is 5.41 Å². The van der Waals surface area contributed by atoms with Gasteiger partial charge >= 0.3 is 7.12 Å². The van der Waals surface area contributed by atoms with Crippen LogP contribution < -0.4 is 5.46 Å². The lowest BCUT2D eigenvalue weighted by Crippen LogP contribution is -2.41. The summed E-state index contributed by atoms with van der Waals surface area (Å²) in [7, 11) is -0.370. The predicted molar refractivity (Wildman–Crippen MR) is 102 cm³/mol. The standard InChI is InChI=1S/C19H35BN2O3/c1-14-15(20-24-18(7,8)19(9,10)25-20)13-21-22(14)11-12-23-17(5,6)16(2,3)4/h13H,11-12H2,1-10H3. The van der Waals surface area contributed by atoms with E-state index in [0.29, 0.717) is 13.2 Å². The van der Waals surface area contributed by atoms with Gasteiger partial charge in [0.2, 0.25) is 0 Å². The molecule has 2 rings (SSSR count). The monoisotopic (exact) mass is 350 g/mol. The molecule has 1 aliphatic rings. The molecule has 0 aliphatic carbocycles. The van der Waals surface area contributed by atoms with Gasteiger partial charge in [0.15, 0.2) is 0 Å². The van der Waals surface area contributed by atoms with Crippen LogP contribution in [0.1, 0.15) is 68.0 Å². The van der Waals surface area contributed by atoms with Crippen molar-refractivity contribution in [1.82, 2.24) is 9.78 Å². The lowest BCUT2D eigenvalue weighted by Gasteiger charge is -2.38. The molecular weight excluding hydrogens is 315 g/mol. The molecule has 1 aliphatic heterocycles. The highest BCUT2D eigenvalue weighted by molar-refractivity contribution is 6.62. The SMILES string of the molecule is Cc1c(B2OC(C)(C)C(C)(C)O2)cnn1CCOC(C)(C)C(C)(C)C. The van der Waals surface area contributed by atoms with Gasteiger partial charge in [-0.05, 0) is 53.9 Å². The second kappa shape index (κ2) is 6.40. The molecular formula is C19H35BN2O3. The summed E-state index contributed by atoms with van der Waals surface area (Å²) in [4.78, 5) is 0. The summed E-state index contributed by atoms with van der Waals surface area (Å²) in [6.45, 7) is 22.5. The van der Waals surface area contributed by atoms with Crippen molar-refractivity contribution in [1.29, 1.82) is 0 Å². The zero-order chi connectivity index (χ0) is 19.3. The molecule has 1 aromatic rings. The van der Waals surface area contributed by atoms with E-state index in [-0.39, 0.29) is 29.3 Å². The van der Waals surface area contributed by atoms with Crippen molar-refractivity contribution < 1.29 is 14.0 Å². The molecule has 2 heterocycles. The molecule has 0 radical (unpaired) electrons. The topological polar surface area (TPSA) is 45.5 Å². The molecule has 1 aromatic heterocycles. The number of ether oxygens (including phenoxy) is 1. The highest BCUT2D eigenvalue weighted by Crippen LogP contribution is 2.36. The maximum atomic E-state index is 6.14. The van der Waals surface area contributed by atoms with Crippen LogP contribution >= 0.6 is 0 Å². The summed E-state index contributed by atoms with van der Waals surface area (Å²) in [5.74, 6) is 0. The minimum absolute atomic E-state index is 0.0833. The first-order valence-electron chi connectivity index (χ1n) is 9.20. The molecule has 5 nitrogen and oxygen atoms in total. The Labute approximate surface area is 153 Å². The number of aromatic nitrogens is 2. The van der Waals surface area contributed by atoms with Crippen molar-refractivity contribution in [3.63, 3.8) is 0 Å². The maximum Gasteiger partial charge on any atom is 0.498 e. The highest BCUT2D eigenvalue weighted by atomic mass is 16.7. The zero-order valence-corrected chi connectivity index (χ0v) is 17.7. The van der Waals surface area contributed by atoms with Crippen LogP contribution in [0.5, 0.6) is 0 Å². The second-order valence-corrected chi connectivity index (χ2v) is 9.61. The quantitative estimate of drug-likeness (QED) is 0.764. The van der Waals surface area contributed by atoms with Crippen LogP contribution in [0.15, 0.2) is 6.20 Å².